The summed E-state index contributed by atoms with van der Waals surface area (Å²) in [5.41, 5.74) is 0.823. The summed E-state index contributed by atoms with van der Waals surface area (Å²) in [4.78, 5) is 6.72. The van der Waals surface area contributed by atoms with E-state index in [1.165, 1.54) is 0 Å². The van der Waals surface area contributed by atoms with E-state index in [2.05, 4.69) is 27.4 Å². The molecule has 4 rings (SSSR count). The zero-order valence-corrected chi connectivity index (χ0v) is 11.7. The summed E-state index contributed by atoms with van der Waals surface area (Å²) < 4.78 is 11.1. The van der Waals surface area contributed by atoms with Crippen molar-refractivity contribution in [1.29, 1.82) is 0 Å². The van der Waals surface area contributed by atoms with Crippen molar-refractivity contribution in [1.82, 2.24) is 20.4 Å². The second-order valence-corrected chi connectivity index (χ2v) is 5.31. The number of likely N-dealkylation sites (N-methyl/N-ethyl adjacent to an activating group) is 1. The molecule has 1 fully saturated rings. The molecule has 3 heterocycles. The number of aromatic nitrogens is 2. The minimum atomic E-state index is 0.139. The molecule has 2 aromatic heterocycles. The molecule has 1 atom stereocenters. The van der Waals surface area contributed by atoms with Gasteiger partial charge >= 0.3 is 0 Å². The van der Waals surface area contributed by atoms with Gasteiger partial charge in [0.15, 0.2) is 11.6 Å². The molecule has 1 N–H and O–H groups in total. The summed E-state index contributed by atoms with van der Waals surface area (Å²) in [6, 6.07) is 9.91. The Balaban J connectivity index is 1.67. The van der Waals surface area contributed by atoms with Gasteiger partial charge in [0.25, 0.3) is 5.89 Å². The maximum Gasteiger partial charge on any atom is 0.293 e. The Labute approximate surface area is 121 Å². The third-order valence-corrected chi connectivity index (χ3v) is 3.89. The molecule has 1 saturated heterocycles. The third-order valence-electron chi connectivity index (χ3n) is 3.89. The van der Waals surface area contributed by atoms with Crippen LogP contribution in [-0.4, -0.2) is 41.7 Å². The number of hydrogen-bond donors (Lipinski definition) is 1. The Bertz CT molecular complexity index is 731. The van der Waals surface area contributed by atoms with Gasteiger partial charge < -0.3 is 14.3 Å². The lowest BCUT2D eigenvalue weighted by Crippen LogP contribution is -2.44. The molecule has 0 saturated carbocycles. The van der Waals surface area contributed by atoms with Crippen molar-refractivity contribution in [2.24, 2.45) is 0 Å². The minimum Gasteiger partial charge on any atom is -0.451 e. The number of piperazine rings is 1. The largest absolute Gasteiger partial charge is 0.451 e. The number of nitrogens with one attached hydrogen (secondary N) is 1. The molecule has 108 valence electrons. The molecule has 1 aliphatic heterocycles. The van der Waals surface area contributed by atoms with E-state index in [0.717, 1.165) is 30.6 Å². The first kappa shape index (κ1) is 12.6. The number of rotatable bonds is 2. The van der Waals surface area contributed by atoms with Crippen molar-refractivity contribution >= 4 is 11.0 Å². The predicted octanol–water partition coefficient (Wildman–Crippen LogP) is 2.06. The summed E-state index contributed by atoms with van der Waals surface area (Å²) in [7, 11) is 2.07. The second-order valence-electron chi connectivity index (χ2n) is 5.31. The number of nitrogens with zero attached hydrogens (tertiary/aromatic N) is 3. The van der Waals surface area contributed by atoms with Gasteiger partial charge in [-0.3, -0.25) is 4.90 Å². The van der Waals surface area contributed by atoms with Crippen molar-refractivity contribution in [3.05, 3.63) is 36.2 Å². The van der Waals surface area contributed by atoms with E-state index in [4.69, 9.17) is 8.94 Å². The van der Waals surface area contributed by atoms with E-state index in [1.54, 1.807) is 0 Å². The number of para-hydroxylation sites is 1. The van der Waals surface area contributed by atoms with Crippen LogP contribution in [0, 0.1) is 0 Å². The van der Waals surface area contributed by atoms with Gasteiger partial charge in [-0.1, -0.05) is 23.4 Å². The summed E-state index contributed by atoms with van der Waals surface area (Å²) in [5.74, 6) is 1.74. The van der Waals surface area contributed by atoms with E-state index in [0.29, 0.717) is 17.5 Å². The Kier molecular flexibility index (Phi) is 2.98. The van der Waals surface area contributed by atoms with Gasteiger partial charge in [-0.25, -0.2) is 0 Å². The summed E-state index contributed by atoms with van der Waals surface area (Å²) >= 11 is 0. The normalized spacial score (nSPS) is 20.1. The van der Waals surface area contributed by atoms with Gasteiger partial charge in [0.05, 0.1) is 6.04 Å². The molecule has 6 heteroatoms. The summed E-state index contributed by atoms with van der Waals surface area (Å²) in [6.07, 6.45) is 0. The van der Waals surface area contributed by atoms with Gasteiger partial charge in [0, 0.05) is 25.0 Å². The highest BCUT2D eigenvalue weighted by Crippen LogP contribution is 2.28. The molecule has 1 unspecified atom stereocenters. The van der Waals surface area contributed by atoms with E-state index in [-0.39, 0.29) is 6.04 Å². The lowest BCUT2D eigenvalue weighted by Gasteiger charge is -2.30. The molecule has 0 aliphatic carbocycles. The van der Waals surface area contributed by atoms with E-state index in [1.807, 2.05) is 30.3 Å². The Morgan fingerprint density at radius 1 is 1.33 bits per heavy atom. The fraction of sp³-hybridized carbons (Fsp3) is 0.333. The Morgan fingerprint density at radius 2 is 2.24 bits per heavy atom. The third kappa shape index (κ3) is 2.22. The monoisotopic (exact) mass is 284 g/mol. The fourth-order valence-electron chi connectivity index (χ4n) is 2.65. The van der Waals surface area contributed by atoms with Crippen LogP contribution < -0.4 is 5.32 Å². The van der Waals surface area contributed by atoms with Crippen molar-refractivity contribution in [2.75, 3.05) is 26.7 Å². The highest BCUT2D eigenvalue weighted by molar-refractivity contribution is 5.81. The van der Waals surface area contributed by atoms with Crippen LogP contribution in [0.2, 0.25) is 0 Å². The lowest BCUT2D eigenvalue weighted by atomic mass is 10.2. The minimum absolute atomic E-state index is 0.139. The standard InChI is InChI=1S/C15H16N4O2/c1-19-7-6-16-9-11(19)14-17-15(21-18-14)13-8-10-4-2-3-5-12(10)20-13/h2-5,8,11,16H,6-7,9H2,1H3. The van der Waals surface area contributed by atoms with Gasteiger partial charge in [-0.05, 0) is 19.2 Å². The molecular weight excluding hydrogens is 268 g/mol. The first-order valence-corrected chi connectivity index (χ1v) is 7.05. The first-order valence-electron chi connectivity index (χ1n) is 7.05. The topological polar surface area (TPSA) is 67.3 Å². The Hall–Kier alpha value is -2.18. The SMILES string of the molecule is CN1CCNCC1c1noc(-c2cc3ccccc3o2)n1. The van der Waals surface area contributed by atoms with Crippen LogP contribution in [0.15, 0.2) is 39.3 Å². The van der Waals surface area contributed by atoms with Crippen LogP contribution in [0.5, 0.6) is 0 Å². The van der Waals surface area contributed by atoms with E-state index in [9.17, 15) is 0 Å². The van der Waals surface area contributed by atoms with E-state index >= 15 is 0 Å². The molecule has 0 spiro atoms. The maximum atomic E-state index is 5.76. The molecule has 21 heavy (non-hydrogen) atoms. The predicted molar refractivity (Wildman–Crippen MR) is 77.7 cm³/mol. The van der Waals surface area contributed by atoms with Crippen molar-refractivity contribution in [3.63, 3.8) is 0 Å². The summed E-state index contributed by atoms with van der Waals surface area (Å²) in [6.45, 7) is 2.79. The molecule has 0 amide bonds. The number of benzene rings is 1. The Morgan fingerprint density at radius 3 is 3.10 bits per heavy atom. The number of furan rings is 1. The average molecular weight is 284 g/mol. The zero-order chi connectivity index (χ0) is 14.2. The molecule has 6 nitrogen and oxygen atoms in total. The van der Waals surface area contributed by atoms with Crippen LogP contribution in [0.25, 0.3) is 22.6 Å². The van der Waals surface area contributed by atoms with Gasteiger partial charge in [-0.15, -0.1) is 0 Å². The smallest absolute Gasteiger partial charge is 0.293 e. The second kappa shape index (κ2) is 4.98. The fourth-order valence-corrected chi connectivity index (χ4v) is 2.65. The quantitative estimate of drug-likeness (QED) is 0.777. The molecule has 1 aromatic carbocycles. The maximum absolute atomic E-state index is 5.76. The molecule has 1 aliphatic rings. The van der Waals surface area contributed by atoms with Gasteiger partial charge in [0.1, 0.15) is 5.58 Å². The molecular formula is C15H16N4O2. The highest BCUT2D eigenvalue weighted by atomic mass is 16.5. The zero-order valence-electron chi connectivity index (χ0n) is 11.7. The van der Waals surface area contributed by atoms with Crippen molar-refractivity contribution < 1.29 is 8.94 Å². The highest BCUT2D eigenvalue weighted by Gasteiger charge is 2.26. The van der Waals surface area contributed by atoms with Crippen LogP contribution >= 0.6 is 0 Å². The first-order chi connectivity index (χ1) is 10.3. The molecule has 0 bridgehead atoms. The lowest BCUT2D eigenvalue weighted by molar-refractivity contribution is 0.190. The number of fused-ring (bicyclic) bond motifs is 1. The van der Waals surface area contributed by atoms with Crippen LogP contribution in [0.4, 0.5) is 0 Å². The molecule has 3 aromatic rings. The van der Waals surface area contributed by atoms with Crippen molar-refractivity contribution in [2.45, 2.75) is 6.04 Å². The van der Waals surface area contributed by atoms with Crippen molar-refractivity contribution in [3.8, 4) is 11.7 Å². The number of hydrogen-bond acceptors (Lipinski definition) is 6. The van der Waals surface area contributed by atoms with E-state index < -0.39 is 0 Å². The van der Waals surface area contributed by atoms with Crippen LogP contribution in [-0.2, 0) is 0 Å². The van der Waals surface area contributed by atoms with Crippen LogP contribution in [0.3, 0.4) is 0 Å². The summed E-state index contributed by atoms with van der Waals surface area (Å²) in [5, 5.41) is 8.49. The molecule has 0 radical (unpaired) electrons. The van der Waals surface area contributed by atoms with Gasteiger partial charge in [0.2, 0.25) is 0 Å². The van der Waals surface area contributed by atoms with Crippen LogP contribution in [0.1, 0.15) is 11.9 Å². The average Bonchev–Trinajstić information content (AvgIpc) is 3.14. The van der Waals surface area contributed by atoms with Gasteiger partial charge in [-0.2, -0.15) is 4.98 Å².